The Morgan fingerprint density at radius 2 is 2.00 bits per heavy atom. The van der Waals surface area contributed by atoms with Crippen molar-refractivity contribution in [2.45, 2.75) is 39.7 Å². The Labute approximate surface area is 216 Å². The largest absolute Gasteiger partial charge is 0.488 e. The van der Waals surface area contributed by atoms with Crippen molar-refractivity contribution in [2.75, 3.05) is 26.2 Å². The number of ether oxygens (including phenoxy) is 1. The van der Waals surface area contributed by atoms with Crippen LogP contribution < -0.4 is 4.74 Å². The average Bonchev–Trinajstić information content (AvgIpc) is 3.36. The first-order valence-electron chi connectivity index (χ1n) is 12.5. The minimum Gasteiger partial charge on any atom is -0.488 e. The lowest BCUT2D eigenvalue weighted by Gasteiger charge is -2.37. The first-order chi connectivity index (χ1) is 17.4. The van der Waals surface area contributed by atoms with Crippen molar-refractivity contribution < 1.29 is 18.7 Å². The first kappa shape index (κ1) is 25.9. The van der Waals surface area contributed by atoms with Crippen LogP contribution in [0.4, 0.5) is 4.39 Å². The van der Waals surface area contributed by atoms with Gasteiger partial charge >= 0.3 is 0 Å². The van der Waals surface area contributed by atoms with Gasteiger partial charge in [-0.2, -0.15) is 0 Å². The number of carbonyl (C=O) groups excluding carboxylic acids is 2. The third kappa shape index (κ3) is 5.95. The van der Waals surface area contributed by atoms with Gasteiger partial charge in [-0.15, -0.1) is 11.3 Å². The van der Waals surface area contributed by atoms with E-state index < -0.39 is 5.82 Å². The van der Waals surface area contributed by atoms with Crippen molar-refractivity contribution in [1.29, 1.82) is 0 Å². The lowest BCUT2D eigenvalue weighted by atomic mass is 10.00. The van der Waals surface area contributed by atoms with Gasteiger partial charge in [0.15, 0.2) is 11.6 Å². The van der Waals surface area contributed by atoms with E-state index in [2.05, 4.69) is 13.8 Å². The van der Waals surface area contributed by atoms with Gasteiger partial charge in [-0.05, 0) is 60.5 Å². The average molecular weight is 509 g/mol. The highest BCUT2D eigenvalue weighted by Crippen LogP contribution is 2.34. The zero-order valence-corrected chi connectivity index (χ0v) is 21.9. The molecule has 0 radical (unpaired) electrons. The summed E-state index contributed by atoms with van der Waals surface area (Å²) in [4.78, 5) is 31.8. The van der Waals surface area contributed by atoms with Gasteiger partial charge in [0.2, 0.25) is 5.91 Å². The summed E-state index contributed by atoms with van der Waals surface area (Å²) >= 11 is 1.66. The van der Waals surface area contributed by atoms with Crippen LogP contribution in [0.25, 0.3) is 0 Å². The Morgan fingerprint density at radius 1 is 1.19 bits per heavy atom. The number of hydrogen-bond acceptors (Lipinski definition) is 4. The van der Waals surface area contributed by atoms with Crippen molar-refractivity contribution in [2.24, 2.45) is 5.92 Å². The van der Waals surface area contributed by atoms with E-state index >= 15 is 0 Å². The quantitative estimate of drug-likeness (QED) is 0.362. The van der Waals surface area contributed by atoms with Crippen molar-refractivity contribution in [1.82, 2.24) is 9.80 Å². The van der Waals surface area contributed by atoms with Gasteiger partial charge in [0.05, 0.1) is 6.04 Å². The highest BCUT2D eigenvalue weighted by atomic mass is 32.1. The zero-order chi connectivity index (χ0) is 25.7. The van der Waals surface area contributed by atoms with Gasteiger partial charge in [-0.3, -0.25) is 9.59 Å². The third-order valence-corrected chi connectivity index (χ3v) is 7.75. The number of benzene rings is 2. The van der Waals surface area contributed by atoms with Gasteiger partial charge in [-0.25, -0.2) is 4.39 Å². The number of rotatable bonds is 9. The van der Waals surface area contributed by atoms with Crippen LogP contribution in [0.3, 0.4) is 0 Å². The van der Waals surface area contributed by atoms with E-state index in [0.717, 1.165) is 24.0 Å². The molecule has 0 aliphatic carbocycles. The van der Waals surface area contributed by atoms with Gasteiger partial charge in [0.25, 0.3) is 5.91 Å². The summed E-state index contributed by atoms with van der Waals surface area (Å²) in [5.41, 5.74) is 2.63. The number of thiophene rings is 1. The molecule has 36 heavy (non-hydrogen) atoms. The number of nitrogens with zero attached hydrogens (tertiary/aromatic N) is 2. The maximum absolute atomic E-state index is 14.2. The van der Waals surface area contributed by atoms with E-state index in [0.29, 0.717) is 18.7 Å². The van der Waals surface area contributed by atoms with Crippen molar-refractivity contribution in [3.8, 4) is 5.75 Å². The zero-order valence-electron chi connectivity index (χ0n) is 21.1. The molecule has 0 fully saturated rings. The van der Waals surface area contributed by atoms with Crippen LogP contribution >= 0.6 is 11.3 Å². The van der Waals surface area contributed by atoms with Crippen LogP contribution in [-0.4, -0.2) is 47.9 Å². The van der Waals surface area contributed by atoms with E-state index in [-0.39, 0.29) is 42.7 Å². The fourth-order valence-corrected chi connectivity index (χ4v) is 5.47. The fourth-order valence-electron chi connectivity index (χ4n) is 4.54. The van der Waals surface area contributed by atoms with Gasteiger partial charge in [0, 0.05) is 23.5 Å². The smallest absolute Gasteiger partial charge is 0.254 e. The molecule has 5 nitrogen and oxygen atoms in total. The minimum atomic E-state index is -0.430. The number of fused-ring (bicyclic) bond motifs is 1. The summed E-state index contributed by atoms with van der Waals surface area (Å²) in [6, 6.07) is 15.4. The molecule has 2 amide bonds. The third-order valence-electron chi connectivity index (χ3n) is 6.76. The molecule has 2 aromatic carbocycles. The molecule has 1 aliphatic rings. The second kappa shape index (κ2) is 11.7. The van der Waals surface area contributed by atoms with Gasteiger partial charge < -0.3 is 14.5 Å². The summed E-state index contributed by atoms with van der Waals surface area (Å²) in [5.74, 6) is -0.268. The molecular formula is C29H33FN2O3S. The second-order valence-corrected chi connectivity index (χ2v) is 10.5. The lowest BCUT2D eigenvalue weighted by Crippen LogP contribution is -2.48. The predicted molar refractivity (Wildman–Crippen MR) is 141 cm³/mol. The van der Waals surface area contributed by atoms with Crippen molar-refractivity contribution >= 4 is 23.2 Å². The standard InChI is InChI=1S/C29H33FN2O3S/c1-4-20(2)17-31(29(34)22-9-7-8-21(3)16-22)18-28(33)32-14-12-27-23(13-15-36-27)25(32)19-35-26-11-6-5-10-24(26)30/h5-11,13,15-16,20,25H,4,12,14,17-19H2,1-3H3/t20-,25-/m0/s1. The number of hydrogen-bond donors (Lipinski definition) is 0. The summed E-state index contributed by atoms with van der Waals surface area (Å²) < 4.78 is 20.0. The Morgan fingerprint density at radius 3 is 2.75 bits per heavy atom. The van der Waals surface area contributed by atoms with E-state index in [9.17, 15) is 14.0 Å². The normalized spacial score (nSPS) is 15.8. The maximum atomic E-state index is 14.2. The van der Waals surface area contributed by atoms with Gasteiger partial charge in [0.1, 0.15) is 13.2 Å². The Bertz CT molecular complexity index is 1210. The molecule has 2 heterocycles. The van der Waals surface area contributed by atoms with E-state index in [1.165, 1.54) is 10.9 Å². The molecule has 0 spiro atoms. The summed E-state index contributed by atoms with van der Waals surface area (Å²) in [7, 11) is 0. The molecule has 1 aromatic heterocycles. The summed E-state index contributed by atoms with van der Waals surface area (Å²) in [5, 5.41) is 2.02. The molecule has 0 saturated heterocycles. The molecule has 1 aliphatic heterocycles. The molecule has 7 heteroatoms. The molecule has 190 valence electrons. The molecule has 3 aromatic rings. The van der Waals surface area contributed by atoms with E-state index in [1.54, 1.807) is 45.4 Å². The Hall–Kier alpha value is -3.19. The second-order valence-electron chi connectivity index (χ2n) is 9.46. The Kier molecular flexibility index (Phi) is 8.41. The van der Waals surface area contributed by atoms with Crippen LogP contribution in [0.2, 0.25) is 0 Å². The first-order valence-corrected chi connectivity index (χ1v) is 13.3. The number of carbonyl (C=O) groups is 2. The summed E-state index contributed by atoms with van der Waals surface area (Å²) in [6.45, 7) is 7.30. The van der Waals surface area contributed by atoms with E-state index in [1.807, 2.05) is 36.6 Å². The fraction of sp³-hybridized carbons (Fsp3) is 0.379. The molecule has 0 unspecified atom stereocenters. The topological polar surface area (TPSA) is 49.9 Å². The van der Waals surface area contributed by atoms with Crippen LogP contribution in [0.1, 0.15) is 52.7 Å². The number of halogens is 1. The van der Waals surface area contributed by atoms with Crippen LogP contribution in [0.5, 0.6) is 5.75 Å². The lowest BCUT2D eigenvalue weighted by molar-refractivity contribution is -0.135. The van der Waals surface area contributed by atoms with Crippen LogP contribution in [-0.2, 0) is 11.2 Å². The number of para-hydroxylation sites is 1. The van der Waals surface area contributed by atoms with Crippen LogP contribution in [0.15, 0.2) is 60.0 Å². The molecule has 4 rings (SSSR count). The molecule has 0 bridgehead atoms. The SMILES string of the molecule is CC[C@H](C)CN(CC(=O)N1CCc2sccc2[C@@H]1COc1ccccc1F)C(=O)c1cccc(C)c1. The number of amides is 2. The molecule has 0 saturated carbocycles. The van der Waals surface area contributed by atoms with Crippen molar-refractivity contribution in [3.05, 3.63) is 87.4 Å². The summed E-state index contributed by atoms with van der Waals surface area (Å²) in [6.07, 6.45) is 1.67. The maximum Gasteiger partial charge on any atom is 0.254 e. The highest BCUT2D eigenvalue weighted by Gasteiger charge is 2.34. The van der Waals surface area contributed by atoms with Crippen LogP contribution in [0, 0.1) is 18.7 Å². The van der Waals surface area contributed by atoms with E-state index in [4.69, 9.17) is 4.74 Å². The Balaban J connectivity index is 1.55. The monoisotopic (exact) mass is 508 g/mol. The van der Waals surface area contributed by atoms with Crippen molar-refractivity contribution in [3.63, 3.8) is 0 Å². The highest BCUT2D eigenvalue weighted by molar-refractivity contribution is 7.10. The molecule has 0 N–H and O–H groups in total. The minimum absolute atomic E-state index is 0.00716. The van der Waals surface area contributed by atoms with Gasteiger partial charge in [-0.1, -0.05) is 50.1 Å². The molecular weight excluding hydrogens is 475 g/mol. The molecule has 2 atom stereocenters. The number of aryl methyl sites for hydroxylation is 1. The predicted octanol–water partition coefficient (Wildman–Crippen LogP) is 5.89.